The lowest BCUT2D eigenvalue weighted by Gasteiger charge is -2.56. The van der Waals surface area contributed by atoms with Gasteiger partial charge in [0.05, 0.1) is 19.3 Å². The molecule has 6 aliphatic rings. The maximum absolute atomic E-state index is 13.7. The van der Waals surface area contributed by atoms with Gasteiger partial charge in [0, 0.05) is 12.1 Å². The quantitative estimate of drug-likeness (QED) is 0.448. The number of nitrogens with zero attached hydrogens (tertiary/aromatic N) is 2. The zero-order valence-electron chi connectivity index (χ0n) is 21.5. The number of carboxylic acid groups (broad SMARTS) is 1. The van der Waals surface area contributed by atoms with Gasteiger partial charge in [0.1, 0.15) is 11.1 Å². The summed E-state index contributed by atoms with van der Waals surface area (Å²) in [6.45, 7) is 1.55. The molecule has 0 unspecified atom stereocenters. The van der Waals surface area contributed by atoms with Crippen molar-refractivity contribution in [3.63, 3.8) is 0 Å². The Balaban J connectivity index is 1.16. The molecule has 0 aliphatic heterocycles. The summed E-state index contributed by atoms with van der Waals surface area (Å²) in [6.07, 6.45) is 17.4. The summed E-state index contributed by atoms with van der Waals surface area (Å²) in [6, 6.07) is 0. The van der Waals surface area contributed by atoms with Crippen LogP contribution in [0.1, 0.15) is 100 Å². The SMILES string of the molecule is O=C(NC12CC3CC(CC(C3)C1)C2)c1cnn(CCNC2(C(=O)O)CCC2)c1OCC1CCCCC1. The number of rotatable bonds is 10. The van der Waals surface area contributed by atoms with Crippen LogP contribution in [0.4, 0.5) is 0 Å². The van der Waals surface area contributed by atoms with Crippen molar-refractivity contribution in [2.75, 3.05) is 13.2 Å². The van der Waals surface area contributed by atoms with Crippen LogP contribution in [0.2, 0.25) is 0 Å². The van der Waals surface area contributed by atoms with Crippen molar-refractivity contribution in [1.29, 1.82) is 0 Å². The van der Waals surface area contributed by atoms with E-state index >= 15 is 0 Å². The highest BCUT2D eigenvalue weighted by Gasteiger charge is 2.52. The number of aliphatic carboxylic acids is 1. The van der Waals surface area contributed by atoms with E-state index in [1.165, 1.54) is 51.4 Å². The van der Waals surface area contributed by atoms with Gasteiger partial charge >= 0.3 is 5.97 Å². The van der Waals surface area contributed by atoms with Crippen LogP contribution in [0.3, 0.4) is 0 Å². The molecule has 4 bridgehead atoms. The van der Waals surface area contributed by atoms with Crippen LogP contribution < -0.4 is 15.4 Å². The van der Waals surface area contributed by atoms with Gasteiger partial charge in [0.25, 0.3) is 5.91 Å². The van der Waals surface area contributed by atoms with E-state index in [4.69, 9.17) is 4.74 Å². The summed E-state index contributed by atoms with van der Waals surface area (Å²) in [5.41, 5.74) is -0.346. The maximum atomic E-state index is 13.7. The van der Waals surface area contributed by atoms with Gasteiger partial charge in [0.2, 0.25) is 5.88 Å². The molecular formula is C28H42N4O4. The van der Waals surface area contributed by atoms with Gasteiger partial charge in [-0.15, -0.1) is 0 Å². The molecule has 6 aliphatic carbocycles. The number of carbonyl (C=O) groups excluding carboxylic acids is 1. The van der Waals surface area contributed by atoms with E-state index < -0.39 is 11.5 Å². The van der Waals surface area contributed by atoms with Gasteiger partial charge in [-0.25, -0.2) is 4.68 Å². The number of hydrogen-bond acceptors (Lipinski definition) is 5. The van der Waals surface area contributed by atoms with Gasteiger partial charge < -0.3 is 20.5 Å². The topological polar surface area (TPSA) is 105 Å². The highest BCUT2D eigenvalue weighted by molar-refractivity contribution is 5.96. The zero-order chi connectivity index (χ0) is 24.8. The second-order valence-corrected chi connectivity index (χ2v) is 12.7. The lowest BCUT2D eigenvalue weighted by atomic mass is 9.53. The van der Waals surface area contributed by atoms with Crippen molar-refractivity contribution in [2.45, 2.75) is 108 Å². The number of carbonyl (C=O) groups is 2. The molecule has 6 saturated carbocycles. The molecule has 3 N–H and O–H groups in total. The molecule has 0 spiro atoms. The Morgan fingerprint density at radius 1 is 1.03 bits per heavy atom. The van der Waals surface area contributed by atoms with Gasteiger partial charge in [0.15, 0.2) is 0 Å². The van der Waals surface area contributed by atoms with Crippen LogP contribution in [0.5, 0.6) is 5.88 Å². The first kappa shape index (κ1) is 24.3. The number of ether oxygens (including phenoxy) is 1. The molecule has 0 radical (unpaired) electrons. The smallest absolute Gasteiger partial charge is 0.323 e. The second kappa shape index (κ2) is 9.66. The first-order chi connectivity index (χ1) is 17.4. The fraction of sp³-hybridized carbons (Fsp3) is 0.821. The van der Waals surface area contributed by atoms with Crippen LogP contribution in [0.25, 0.3) is 0 Å². The summed E-state index contributed by atoms with van der Waals surface area (Å²) in [7, 11) is 0. The molecule has 8 nitrogen and oxygen atoms in total. The Labute approximate surface area is 213 Å². The molecule has 1 heterocycles. The van der Waals surface area contributed by atoms with Gasteiger partial charge in [-0.2, -0.15) is 5.10 Å². The minimum atomic E-state index is -0.811. The third-order valence-electron chi connectivity index (χ3n) is 10.0. The van der Waals surface area contributed by atoms with E-state index in [1.54, 1.807) is 10.9 Å². The molecule has 0 aromatic carbocycles. The lowest BCUT2D eigenvalue weighted by Crippen LogP contribution is -2.59. The van der Waals surface area contributed by atoms with Crippen LogP contribution in [0.15, 0.2) is 6.20 Å². The van der Waals surface area contributed by atoms with E-state index in [0.717, 1.165) is 43.4 Å². The van der Waals surface area contributed by atoms with Gasteiger partial charge in [-0.3, -0.25) is 9.59 Å². The first-order valence-electron chi connectivity index (χ1n) is 14.4. The molecule has 198 valence electrons. The maximum Gasteiger partial charge on any atom is 0.323 e. The van der Waals surface area contributed by atoms with E-state index in [-0.39, 0.29) is 11.4 Å². The van der Waals surface area contributed by atoms with E-state index in [1.807, 2.05) is 0 Å². The molecule has 1 aromatic rings. The largest absolute Gasteiger partial charge is 0.480 e. The van der Waals surface area contributed by atoms with Crippen molar-refractivity contribution < 1.29 is 19.4 Å². The normalized spacial score (nSPS) is 32.7. The Morgan fingerprint density at radius 3 is 2.28 bits per heavy atom. The predicted molar refractivity (Wildman–Crippen MR) is 135 cm³/mol. The zero-order valence-corrected chi connectivity index (χ0v) is 21.5. The summed E-state index contributed by atoms with van der Waals surface area (Å²) in [4.78, 5) is 25.4. The Kier molecular flexibility index (Phi) is 6.51. The van der Waals surface area contributed by atoms with Crippen molar-refractivity contribution in [3.8, 4) is 5.88 Å². The lowest BCUT2D eigenvalue weighted by molar-refractivity contribution is -0.148. The fourth-order valence-electron chi connectivity index (χ4n) is 8.36. The first-order valence-corrected chi connectivity index (χ1v) is 14.4. The van der Waals surface area contributed by atoms with Crippen LogP contribution in [0, 0.1) is 23.7 Å². The molecule has 7 rings (SSSR count). The van der Waals surface area contributed by atoms with Crippen molar-refractivity contribution >= 4 is 11.9 Å². The second-order valence-electron chi connectivity index (χ2n) is 12.7. The molecular weight excluding hydrogens is 456 g/mol. The number of aromatic nitrogens is 2. The minimum absolute atomic E-state index is 0.0594. The summed E-state index contributed by atoms with van der Waals surface area (Å²) >= 11 is 0. The van der Waals surface area contributed by atoms with Crippen LogP contribution in [-0.4, -0.2) is 51.0 Å². The number of amides is 1. The minimum Gasteiger partial charge on any atom is -0.480 e. The summed E-state index contributed by atoms with van der Waals surface area (Å²) < 4.78 is 8.12. The Bertz CT molecular complexity index is 943. The number of carboxylic acids is 1. The van der Waals surface area contributed by atoms with Gasteiger partial charge in [-0.1, -0.05) is 19.3 Å². The molecule has 1 amide bonds. The van der Waals surface area contributed by atoms with E-state index in [9.17, 15) is 14.7 Å². The van der Waals surface area contributed by atoms with Crippen molar-refractivity contribution in [1.82, 2.24) is 20.4 Å². The molecule has 0 atom stereocenters. The molecule has 36 heavy (non-hydrogen) atoms. The van der Waals surface area contributed by atoms with Crippen molar-refractivity contribution in [2.24, 2.45) is 23.7 Å². The average Bonchev–Trinajstić information content (AvgIpc) is 3.21. The standard InChI is InChI=1S/C28H42N4O4/c33-24(31-27-14-20-11-21(15-27)13-22(12-20)16-27)23-17-30-32(10-9-29-28(26(34)35)7-4-8-28)25(23)36-18-19-5-2-1-3-6-19/h17,19-22,29H,1-16,18H2,(H,31,33)(H,34,35). The third kappa shape index (κ3) is 4.66. The van der Waals surface area contributed by atoms with Crippen LogP contribution >= 0.6 is 0 Å². The highest BCUT2D eigenvalue weighted by Crippen LogP contribution is 2.55. The van der Waals surface area contributed by atoms with Crippen molar-refractivity contribution in [3.05, 3.63) is 11.8 Å². The fourth-order valence-corrected chi connectivity index (χ4v) is 8.36. The number of hydrogen-bond donors (Lipinski definition) is 3. The highest BCUT2D eigenvalue weighted by atomic mass is 16.5. The third-order valence-corrected chi connectivity index (χ3v) is 10.0. The molecule has 8 heteroatoms. The molecule has 6 fully saturated rings. The Morgan fingerprint density at radius 2 is 1.69 bits per heavy atom. The molecule has 1 aromatic heterocycles. The summed E-state index contributed by atoms with van der Waals surface area (Å²) in [5.74, 6) is 2.52. The molecule has 0 saturated heterocycles. The Hall–Kier alpha value is -2.09. The predicted octanol–water partition coefficient (Wildman–Crippen LogP) is 4.14. The van der Waals surface area contributed by atoms with Crippen LogP contribution in [-0.2, 0) is 11.3 Å². The average molecular weight is 499 g/mol. The summed E-state index contributed by atoms with van der Waals surface area (Å²) in [5, 5.41) is 20.9. The monoisotopic (exact) mass is 498 g/mol. The van der Waals surface area contributed by atoms with E-state index in [2.05, 4.69) is 15.7 Å². The number of nitrogens with one attached hydrogen (secondary N) is 2. The van der Waals surface area contributed by atoms with E-state index in [0.29, 0.717) is 49.9 Å². The van der Waals surface area contributed by atoms with Gasteiger partial charge in [-0.05, 0) is 94.3 Å².